The van der Waals surface area contributed by atoms with Crippen LogP contribution in [0, 0.1) is 11.3 Å². The molecule has 20 heavy (non-hydrogen) atoms. The molecule has 1 aliphatic rings. The first-order valence-corrected chi connectivity index (χ1v) is 6.95. The van der Waals surface area contributed by atoms with Crippen molar-refractivity contribution in [3.63, 3.8) is 0 Å². The lowest BCUT2D eigenvalue weighted by Crippen LogP contribution is -2.37. The maximum atomic E-state index is 9.09. The Labute approximate surface area is 120 Å². The van der Waals surface area contributed by atoms with Crippen LogP contribution in [-0.2, 0) is 4.74 Å². The van der Waals surface area contributed by atoms with Gasteiger partial charge in [0.15, 0.2) is 0 Å². The third-order valence-corrected chi connectivity index (χ3v) is 3.42. The monoisotopic (exact) mass is 275 g/mol. The van der Waals surface area contributed by atoms with Gasteiger partial charge in [0.1, 0.15) is 11.8 Å². The summed E-state index contributed by atoms with van der Waals surface area (Å²) in [5, 5.41) is 12.4. The summed E-state index contributed by atoms with van der Waals surface area (Å²) in [6.45, 7) is 5.61. The first-order chi connectivity index (χ1) is 9.83. The number of benzene rings is 1. The van der Waals surface area contributed by atoms with Gasteiger partial charge in [-0.25, -0.2) is 0 Å². The predicted molar refractivity (Wildman–Crippen MR) is 78.1 cm³/mol. The Kier molecular flexibility index (Phi) is 5.66. The number of nitrogens with one attached hydrogen (secondary N) is 1. The smallest absolute Gasteiger partial charge is 0.121 e. The lowest BCUT2D eigenvalue weighted by molar-refractivity contribution is 0.0378. The summed E-state index contributed by atoms with van der Waals surface area (Å²) in [4.78, 5) is 2.40. The lowest BCUT2D eigenvalue weighted by Gasteiger charge is -2.26. The Balaban J connectivity index is 1.79. The van der Waals surface area contributed by atoms with Crippen LogP contribution < -0.4 is 10.1 Å². The molecule has 1 saturated heterocycles. The van der Waals surface area contributed by atoms with E-state index in [1.165, 1.54) is 0 Å². The molecule has 1 heterocycles. The Hall–Kier alpha value is -1.77. The van der Waals surface area contributed by atoms with Gasteiger partial charge in [0.05, 0.1) is 31.6 Å². The van der Waals surface area contributed by atoms with Gasteiger partial charge in [-0.05, 0) is 25.1 Å². The molecule has 0 aliphatic carbocycles. The maximum absolute atomic E-state index is 9.09. The van der Waals surface area contributed by atoms with E-state index in [-0.39, 0.29) is 0 Å². The van der Waals surface area contributed by atoms with Crippen molar-refractivity contribution in [1.82, 2.24) is 4.90 Å². The van der Waals surface area contributed by atoms with E-state index in [1.54, 1.807) is 19.2 Å². The van der Waals surface area contributed by atoms with Crippen LogP contribution in [0.25, 0.3) is 0 Å². The molecule has 0 amide bonds. The van der Waals surface area contributed by atoms with Gasteiger partial charge in [0, 0.05) is 25.7 Å². The average Bonchev–Trinajstić information content (AvgIpc) is 2.52. The molecular weight excluding hydrogens is 254 g/mol. The zero-order valence-corrected chi connectivity index (χ0v) is 11.9. The van der Waals surface area contributed by atoms with Crippen LogP contribution in [0.1, 0.15) is 12.0 Å². The molecule has 0 radical (unpaired) electrons. The van der Waals surface area contributed by atoms with Crippen molar-refractivity contribution in [3.05, 3.63) is 23.8 Å². The molecule has 1 aromatic rings. The fraction of sp³-hybridized carbons (Fsp3) is 0.533. The van der Waals surface area contributed by atoms with E-state index in [2.05, 4.69) is 16.3 Å². The minimum Gasteiger partial charge on any atom is -0.497 e. The van der Waals surface area contributed by atoms with Crippen molar-refractivity contribution >= 4 is 5.69 Å². The molecule has 1 aromatic carbocycles. The topological polar surface area (TPSA) is 57.5 Å². The van der Waals surface area contributed by atoms with Gasteiger partial charge in [-0.3, -0.25) is 4.90 Å². The molecule has 2 rings (SSSR count). The zero-order valence-electron chi connectivity index (χ0n) is 11.9. The first kappa shape index (κ1) is 14.6. The Morgan fingerprint density at radius 1 is 1.40 bits per heavy atom. The van der Waals surface area contributed by atoms with Crippen molar-refractivity contribution in [2.45, 2.75) is 6.42 Å². The molecule has 0 atom stereocenters. The van der Waals surface area contributed by atoms with Crippen LogP contribution in [0.5, 0.6) is 5.75 Å². The largest absolute Gasteiger partial charge is 0.497 e. The number of rotatable bonds is 6. The zero-order chi connectivity index (χ0) is 14.2. The third-order valence-electron chi connectivity index (χ3n) is 3.42. The van der Waals surface area contributed by atoms with Crippen molar-refractivity contribution in [2.24, 2.45) is 0 Å². The normalized spacial score (nSPS) is 15.6. The van der Waals surface area contributed by atoms with Crippen LogP contribution in [0.15, 0.2) is 18.2 Å². The van der Waals surface area contributed by atoms with E-state index < -0.39 is 0 Å². The molecule has 5 nitrogen and oxygen atoms in total. The van der Waals surface area contributed by atoms with E-state index in [9.17, 15) is 0 Å². The fourth-order valence-corrected chi connectivity index (χ4v) is 2.24. The summed E-state index contributed by atoms with van der Waals surface area (Å²) in [5.74, 6) is 0.764. The van der Waals surface area contributed by atoms with Crippen LogP contribution in [0.2, 0.25) is 0 Å². The lowest BCUT2D eigenvalue weighted by atomic mass is 10.2. The van der Waals surface area contributed by atoms with Gasteiger partial charge in [-0.1, -0.05) is 0 Å². The molecule has 5 heteroatoms. The van der Waals surface area contributed by atoms with E-state index in [0.29, 0.717) is 5.56 Å². The van der Waals surface area contributed by atoms with Crippen LogP contribution in [-0.4, -0.2) is 51.4 Å². The highest BCUT2D eigenvalue weighted by molar-refractivity contribution is 5.60. The number of hydrogen-bond acceptors (Lipinski definition) is 5. The molecule has 0 spiro atoms. The Morgan fingerprint density at radius 2 is 2.20 bits per heavy atom. The second-order valence-electron chi connectivity index (χ2n) is 4.76. The molecule has 1 fully saturated rings. The number of anilines is 1. The average molecular weight is 275 g/mol. The van der Waals surface area contributed by atoms with Crippen LogP contribution in [0.3, 0.4) is 0 Å². The number of morpholine rings is 1. The Bertz CT molecular complexity index is 465. The van der Waals surface area contributed by atoms with Gasteiger partial charge >= 0.3 is 0 Å². The molecule has 0 saturated carbocycles. The van der Waals surface area contributed by atoms with Crippen LogP contribution in [0.4, 0.5) is 5.69 Å². The van der Waals surface area contributed by atoms with Crippen molar-refractivity contribution in [2.75, 3.05) is 51.8 Å². The number of nitrogens with zero attached hydrogens (tertiary/aromatic N) is 2. The quantitative estimate of drug-likeness (QED) is 0.801. The maximum Gasteiger partial charge on any atom is 0.121 e. The number of nitriles is 1. The van der Waals surface area contributed by atoms with E-state index in [0.717, 1.165) is 57.3 Å². The highest BCUT2D eigenvalue weighted by Crippen LogP contribution is 2.21. The van der Waals surface area contributed by atoms with Gasteiger partial charge in [0.25, 0.3) is 0 Å². The van der Waals surface area contributed by atoms with Gasteiger partial charge in [0.2, 0.25) is 0 Å². The summed E-state index contributed by atoms with van der Waals surface area (Å²) in [5.41, 5.74) is 1.49. The predicted octanol–water partition coefficient (Wildman–Crippen LogP) is 1.70. The second-order valence-corrected chi connectivity index (χ2v) is 4.76. The van der Waals surface area contributed by atoms with E-state index >= 15 is 0 Å². The minimum absolute atomic E-state index is 0.650. The first-order valence-electron chi connectivity index (χ1n) is 6.95. The number of ether oxygens (including phenoxy) is 2. The molecule has 1 N–H and O–H groups in total. The fourth-order valence-electron chi connectivity index (χ4n) is 2.24. The standard InChI is InChI=1S/C15H21N3O2/c1-19-14-4-3-13(12-16)15(11-14)17-5-2-6-18-7-9-20-10-8-18/h3-4,11,17H,2,5-10H2,1H3. The molecule has 0 unspecified atom stereocenters. The highest BCUT2D eigenvalue weighted by atomic mass is 16.5. The van der Waals surface area contributed by atoms with E-state index in [1.807, 2.05) is 6.07 Å². The Morgan fingerprint density at radius 3 is 2.90 bits per heavy atom. The molecule has 1 aliphatic heterocycles. The van der Waals surface area contributed by atoms with Crippen LogP contribution >= 0.6 is 0 Å². The molecule has 108 valence electrons. The second kappa shape index (κ2) is 7.73. The molecule has 0 aromatic heterocycles. The summed E-state index contributed by atoms with van der Waals surface area (Å²) in [6.07, 6.45) is 1.04. The van der Waals surface area contributed by atoms with Crippen molar-refractivity contribution in [1.29, 1.82) is 5.26 Å². The summed E-state index contributed by atoms with van der Waals surface area (Å²) < 4.78 is 10.5. The number of methoxy groups -OCH3 is 1. The van der Waals surface area contributed by atoms with Gasteiger partial charge < -0.3 is 14.8 Å². The van der Waals surface area contributed by atoms with Crippen molar-refractivity contribution < 1.29 is 9.47 Å². The van der Waals surface area contributed by atoms with Crippen molar-refractivity contribution in [3.8, 4) is 11.8 Å². The summed E-state index contributed by atoms with van der Waals surface area (Å²) in [7, 11) is 1.63. The minimum atomic E-state index is 0.650. The molecule has 0 bridgehead atoms. The van der Waals surface area contributed by atoms with E-state index in [4.69, 9.17) is 14.7 Å². The van der Waals surface area contributed by atoms with Gasteiger partial charge in [-0.15, -0.1) is 0 Å². The summed E-state index contributed by atoms with van der Waals surface area (Å²) >= 11 is 0. The van der Waals surface area contributed by atoms with Gasteiger partial charge in [-0.2, -0.15) is 5.26 Å². The molecular formula is C15H21N3O2. The highest BCUT2D eigenvalue weighted by Gasteiger charge is 2.09. The SMILES string of the molecule is COc1ccc(C#N)c(NCCCN2CCOCC2)c1. The number of hydrogen-bond donors (Lipinski definition) is 1. The third kappa shape index (κ3) is 4.12. The summed E-state index contributed by atoms with van der Waals surface area (Å²) in [6, 6.07) is 7.64.